The minimum atomic E-state index is -4.53. The molecular formula is C18H19F3N4O. The van der Waals surface area contributed by atoms with Crippen molar-refractivity contribution >= 4 is 11.0 Å². The summed E-state index contributed by atoms with van der Waals surface area (Å²) in [6.45, 7) is 2.13. The third-order valence-corrected chi connectivity index (χ3v) is 4.07. The van der Waals surface area contributed by atoms with Crippen molar-refractivity contribution in [3.63, 3.8) is 0 Å². The second-order valence-corrected chi connectivity index (χ2v) is 6.05. The number of rotatable bonds is 5. The molecule has 138 valence electrons. The van der Waals surface area contributed by atoms with Crippen LogP contribution in [0.3, 0.4) is 0 Å². The van der Waals surface area contributed by atoms with Crippen molar-refractivity contribution in [3.8, 4) is 11.6 Å². The van der Waals surface area contributed by atoms with E-state index in [0.717, 1.165) is 24.5 Å². The van der Waals surface area contributed by atoms with Crippen LogP contribution >= 0.6 is 0 Å². The summed E-state index contributed by atoms with van der Waals surface area (Å²) in [5.74, 6) is 0.294. The molecule has 0 saturated heterocycles. The Morgan fingerprint density at radius 1 is 1.19 bits per heavy atom. The summed E-state index contributed by atoms with van der Waals surface area (Å²) in [5.41, 5.74) is 6.18. The minimum absolute atomic E-state index is 0.00974. The monoisotopic (exact) mass is 364 g/mol. The van der Waals surface area contributed by atoms with Crippen LogP contribution < -0.4 is 10.5 Å². The van der Waals surface area contributed by atoms with Gasteiger partial charge in [-0.2, -0.15) is 23.3 Å². The second-order valence-electron chi connectivity index (χ2n) is 6.05. The number of nitrogens with zero attached hydrogens (tertiary/aromatic N) is 3. The van der Waals surface area contributed by atoms with Crippen molar-refractivity contribution in [2.24, 2.45) is 12.8 Å². The molecule has 0 fully saturated rings. The molecule has 0 saturated carbocycles. The Bertz CT molecular complexity index is 917. The van der Waals surface area contributed by atoms with Crippen LogP contribution in [0, 0.1) is 6.92 Å². The van der Waals surface area contributed by atoms with Crippen molar-refractivity contribution < 1.29 is 17.9 Å². The number of alkyl halides is 3. The number of benzene rings is 1. The van der Waals surface area contributed by atoms with E-state index < -0.39 is 11.7 Å². The van der Waals surface area contributed by atoms with Gasteiger partial charge in [0.2, 0.25) is 5.88 Å². The second kappa shape index (κ2) is 6.95. The van der Waals surface area contributed by atoms with Gasteiger partial charge in [-0.05, 0) is 44.0 Å². The zero-order valence-electron chi connectivity index (χ0n) is 14.5. The number of halogens is 3. The van der Waals surface area contributed by atoms with E-state index in [0.29, 0.717) is 12.3 Å². The molecule has 0 atom stereocenters. The summed E-state index contributed by atoms with van der Waals surface area (Å²) in [5, 5.41) is 4.03. The van der Waals surface area contributed by atoms with Gasteiger partial charge in [-0.3, -0.25) is 4.68 Å². The molecule has 0 radical (unpaired) electrons. The molecule has 0 bridgehead atoms. The van der Waals surface area contributed by atoms with E-state index >= 15 is 0 Å². The minimum Gasteiger partial charge on any atom is -0.439 e. The van der Waals surface area contributed by atoms with Crippen molar-refractivity contribution in [1.29, 1.82) is 0 Å². The van der Waals surface area contributed by atoms with Crippen LogP contribution in [0.4, 0.5) is 13.2 Å². The summed E-state index contributed by atoms with van der Waals surface area (Å²) < 4.78 is 47.3. The number of fused-ring (bicyclic) bond motifs is 1. The number of nitrogens with two attached hydrogens (primary N) is 1. The molecule has 8 heteroatoms. The summed E-state index contributed by atoms with van der Waals surface area (Å²) in [7, 11) is 1.55. The Morgan fingerprint density at radius 3 is 2.50 bits per heavy atom. The maximum absolute atomic E-state index is 13.5. The van der Waals surface area contributed by atoms with E-state index in [1.807, 2.05) is 12.1 Å². The number of pyridine rings is 1. The van der Waals surface area contributed by atoms with E-state index in [1.165, 1.54) is 11.6 Å². The van der Waals surface area contributed by atoms with E-state index in [-0.39, 0.29) is 22.6 Å². The predicted octanol–water partition coefficient (Wildman–Crippen LogP) is 3.98. The molecular weight excluding hydrogens is 345 g/mol. The van der Waals surface area contributed by atoms with Crippen LogP contribution in [-0.4, -0.2) is 21.3 Å². The number of hydrogen-bond donors (Lipinski definition) is 1. The number of aromatic nitrogens is 3. The fourth-order valence-corrected chi connectivity index (χ4v) is 2.85. The van der Waals surface area contributed by atoms with Gasteiger partial charge < -0.3 is 10.5 Å². The van der Waals surface area contributed by atoms with Gasteiger partial charge in [0.05, 0.1) is 16.6 Å². The molecule has 3 rings (SSSR count). The lowest BCUT2D eigenvalue weighted by atomic mass is 10.1. The van der Waals surface area contributed by atoms with Crippen molar-refractivity contribution in [1.82, 2.24) is 14.8 Å². The van der Waals surface area contributed by atoms with E-state index in [4.69, 9.17) is 10.5 Å². The first-order chi connectivity index (χ1) is 12.3. The summed E-state index contributed by atoms with van der Waals surface area (Å²) in [6.07, 6.45) is -2.82. The smallest absolute Gasteiger partial charge is 0.417 e. The average Bonchev–Trinajstić information content (AvgIpc) is 2.87. The van der Waals surface area contributed by atoms with Gasteiger partial charge in [0.15, 0.2) is 5.65 Å². The average molecular weight is 364 g/mol. The highest BCUT2D eigenvalue weighted by molar-refractivity contribution is 5.83. The van der Waals surface area contributed by atoms with Crippen molar-refractivity contribution in [2.45, 2.75) is 25.9 Å². The van der Waals surface area contributed by atoms with Gasteiger partial charge in [0.1, 0.15) is 5.75 Å². The molecule has 2 N–H and O–H groups in total. The molecule has 0 spiro atoms. The van der Waals surface area contributed by atoms with Gasteiger partial charge >= 0.3 is 6.18 Å². The van der Waals surface area contributed by atoms with Crippen LogP contribution in [0.5, 0.6) is 11.6 Å². The van der Waals surface area contributed by atoms with E-state index in [1.54, 1.807) is 19.2 Å². The molecule has 0 unspecified atom stereocenters. The summed E-state index contributed by atoms with van der Waals surface area (Å²) >= 11 is 0. The third kappa shape index (κ3) is 3.65. The normalized spacial score (nSPS) is 11.9. The van der Waals surface area contributed by atoms with Gasteiger partial charge in [0, 0.05) is 13.1 Å². The molecule has 3 aromatic rings. The van der Waals surface area contributed by atoms with Crippen LogP contribution in [0.15, 0.2) is 30.3 Å². The molecule has 2 heterocycles. The van der Waals surface area contributed by atoms with Crippen molar-refractivity contribution in [2.75, 3.05) is 6.54 Å². The molecule has 0 aliphatic carbocycles. The summed E-state index contributed by atoms with van der Waals surface area (Å²) in [4.78, 5) is 4.20. The molecule has 1 aromatic carbocycles. The van der Waals surface area contributed by atoms with Gasteiger partial charge in [0.25, 0.3) is 0 Å². The van der Waals surface area contributed by atoms with Crippen LogP contribution in [0.2, 0.25) is 0 Å². The van der Waals surface area contributed by atoms with Gasteiger partial charge in [-0.1, -0.05) is 12.1 Å². The Hall–Kier alpha value is -2.61. The Morgan fingerprint density at radius 2 is 1.88 bits per heavy atom. The molecule has 0 aliphatic heterocycles. The molecule has 26 heavy (non-hydrogen) atoms. The largest absolute Gasteiger partial charge is 0.439 e. The fraction of sp³-hybridized carbons (Fsp3) is 0.333. The zero-order valence-corrected chi connectivity index (χ0v) is 14.5. The lowest BCUT2D eigenvalue weighted by Crippen LogP contribution is -2.07. The molecule has 0 amide bonds. The zero-order chi connectivity index (χ0) is 18.9. The van der Waals surface area contributed by atoms with E-state index in [9.17, 15) is 13.2 Å². The van der Waals surface area contributed by atoms with E-state index in [2.05, 4.69) is 10.1 Å². The fourth-order valence-electron chi connectivity index (χ4n) is 2.85. The highest BCUT2D eigenvalue weighted by Gasteiger charge is 2.35. The first kappa shape index (κ1) is 18.2. The Balaban J connectivity index is 1.96. The summed E-state index contributed by atoms with van der Waals surface area (Å²) in [6, 6.07) is 8.06. The molecule has 5 nitrogen and oxygen atoms in total. The predicted molar refractivity (Wildman–Crippen MR) is 92.1 cm³/mol. The maximum Gasteiger partial charge on any atom is 0.417 e. The Labute approximate surface area is 148 Å². The van der Waals surface area contributed by atoms with Gasteiger partial charge in [-0.15, -0.1) is 0 Å². The first-order valence-corrected chi connectivity index (χ1v) is 8.18. The molecule has 2 aromatic heterocycles. The highest BCUT2D eigenvalue weighted by Crippen LogP contribution is 2.38. The lowest BCUT2D eigenvalue weighted by Gasteiger charge is -2.12. The highest BCUT2D eigenvalue weighted by atomic mass is 19.4. The topological polar surface area (TPSA) is 66.0 Å². The van der Waals surface area contributed by atoms with Crippen molar-refractivity contribution in [3.05, 3.63) is 47.2 Å². The van der Waals surface area contributed by atoms with Crippen LogP contribution in [0.25, 0.3) is 11.0 Å². The van der Waals surface area contributed by atoms with Gasteiger partial charge in [-0.25, -0.2) is 0 Å². The SMILES string of the molecule is Cc1nn(C)c2nc(Oc3ccc(CCCN)cc3)cc(C(F)(F)F)c12. The first-order valence-electron chi connectivity index (χ1n) is 8.18. The number of hydrogen-bond acceptors (Lipinski definition) is 4. The number of ether oxygens (including phenoxy) is 1. The standard InChI is InChI=1S/C18H19F3N4O/c1-11-16-14(18(19,20)21)10-15(23-17(16)25(2)24-11)26-13-7-5-12(6-8-13)4-3-9-22/h5-8,10H,3-4,9,22H2,1-2H3. The van der Waals surface area contributed by atoms with Crippen LogP contribution in [0.1, 0.15) is 23.2 Å². The third-order valence-electron chi connectivity index (χ3n) is 4.07. The van der Waals surface area contributed by atoms with Crippen LogP contribution in [-0.2, 0) is 19.6 Å². The number of aryl methyl sites for hydroxylation is 3. The Kier molecular flexibility index (Phi) is 4.86. The quantitative estimate of drug-likeness (QED) is 0.744. The lowest BCUT2D eigenvalue weighted by molar-refractivity contribution is -0.136. The maximum atomic E-state index is 13.5. The molecule has 0 aliphatic rings.